The molecule has 0 saturated heterocycles. The molecule has 0 unspecified atom stereocenters. The lowest BCUT2D eigenvalue weighted by Crippen LogP contribution is -2.32. The van der Waals surface area contributed by atoms with Gasteiger partial charge >= 0.3 is 5.97 Å². The third kappa shape index (κ3) is 3.33. The predicted octanol–water partition coefficient (Wildman–Crippen LogP) is 1.71. The maximum atomic E-state index is 12.1. The van der Waals surface area contributed by atoms with E-state index in [1.807, 2.05) is 11.6 Å². The molecule has 0 atom stereocenters. The van der Waals surface area contributed by atoms with Crippen LogP contribution >= 0.6 is 0 Å². The molecule has 0 bridgehead atoms. The number of likely N-dealkylation sites (N-methyl/N-ethyl adjacent to an activating group) is 1. The Balaban J connectivity index is 2.97. The summed E-state index contributed by atoms with van der Waals surface area (Å²) in [6.07, 6.45) is 3.41. The lowest BCUT2D eigenvalue weighted by atomic mass is 10.1. The Hall–Kier alpha value is -1.85. The van der Waals surface area contributed by atoms with Crippen LogP contribution in [-0.2, 0) is 4.79 Å². The number of carboxylic acids is 1. The summed E-state index contributed by atoms with van der Waals surface area (Å²) in [5.74, 6) is -1.34. The smallest absolute Gasteiger partial charge is 0.323 e. The standard InChI is InChI=1S/C13H21N3O3/c1-5-10(6-2)16-9(3)11(7-14-16)13(19)15(4)8-12(17)18/h7,10H,5-6,8H2,1-4H3,(H,17,18). The summed E-state index contributed by atoms with van der Waals surface area (Å²) in [7, 11) is 1.48. The van der Waals surface area contributed by atoms with Gasteiger partial charge < -0.3 is 10.0 Å². The van der Waals surface area contributed by atoms with E-state index in [1.54, 1.807) is 0 Å². The van der Waals surface area contributed by atoms with E-state index in [4.69, 9.17) is 5.11 Å². The van der Waals surface area contributed by atoms with Crippen molar-refractivity contribution in [2.24, 2.45) is 0 Å². The average Bonchev–Trinajstić information content (AvgIpc) is 2.72. The summed E-state index contributed by atoms with van der Waals surface area (Å²) in [6.45, 7) is 5.68. The van der Waals surface area contributed by atoms with Gasteiger partial charge in [-0.25, -0.2) is 0 Å². The summed E-state index contributed by atoms with van der Waals surface area (Å²) >= 11 is 0. The molecule has 0 fully saturated rings. The molecule has 6 nitrogen and oxygen atoms in total. The van der Waals surface area contributed by atoms with Gasteiger partial charge in [-0.15, -0.1) is 0 Å². The first kappa shape index (κ1) is 15.2. The zero-order valence-electron chi connectivity index (χ0n) is 11.9. The molecule has 0 aromatic carbocycles. The van der Waals surface area contributed by atoms with Crippen molar-refractivity contribution >= 4 is 11.9 Å². The molecule has 1 heterocycles. The molecule has 0 aliphatic heterocycles. The maximum Gasteiger partial charge on any atom is 0.323 e. The van der Waals surface area contributed by atoms with Gasteiger partial charge in [-0.1, -0.05) is 13.8 Å². The van der Waals surface area contributed by atoms with E-state index in [0.717, 1.165) is 18.5 Å². The molecule has 1 aromatic rings. The number of hydrogen-bond acceptors (Lipinski definition) is 3. The molecule has 19 heavy (non-hydrogen) atoms. The van der Waals surface area contributed by atoms with Crippen molar-refractivity contribution in [1.82, 2.24) is 14.7 Å². The molecule has 0 aliphatic rings. The Kier molecular flexibility index (Phi) is 5.09. The van der Waals surface area contributed by atoms with Crippen LogP contribution in [-0.4, -0.2) is 45.3 Å². The SMILES string of the molecule is CCC(CC)n1ncc(C(=O)N(C)CC(=O)O)c1C. The van der Waals surface area contributed by atoms with Crippen LogP contribution in [0.25, 0.3) is 0 Å². The van der Waals surface area contributed by atoms with Gasteiger partial charge in [0.05, 0.1) is 17.8 Å². The van der Waals surface area contributed by atoms with E-state index < -0.39 is 5.97 Å². The van der Waals surface area contributed by atoms with Crippen LogP contribution in [0.1, 0.15) is 48.8 Å². The Labute approximate surface area is 113 Å². The number of aromatic nitrogens is 2. The highest BCUT2D eigenvalue weighted by atomic mass is 16.4. The fraction of sp³-hybridized carbons (Fsp3) is 0.615. The second-order valence-corrected chi connectivity index (χ2v) is 4.61. The van der Waals surface area contributed by atoms with Crippen LogP contribution in [0.3, 0.4) is 0 Å². The Bertz CT molecular complexity index is 464. The van der Waals surface area contributed by atoms with E-state index in [-0.39, 0.29) is 18.5 Å². The summed E-state index contributed by atoms with van der Waals surface area (Å²) in [5.41, 5.74) is 1.26. The lowest BCUT2D eigenvalue weighted by Gasteiger charge is -2.17. The van der Waals surface area contributed by atoms with E-state index in [2.05, 4.69) is 18.9 Å². The summed E-state index contributed by atoms with van der Waals surface area (Å²) in [4.78, 5) is 23.9. The van der Waals surface area contributed by atoms with E-state index in [0.29, 0.717) is 5.56 Å². The molecule has 0 saturated carbocycles. The number of nitrogens with zero attached hydrogens (tertiary/aromatic N) is 3. The predicted molar refractivity (Wildman–Crippen MR) is 71.2 cm³/mol. The van der Waals surface area contributed by atoms with Gasteiger partial charge in [0.25, 0.3) is 5.91 Å². The van der Waals surface area contributed by atoms with Crippen molar-refractivity contribution in [3.05, 3.63) is 17.5 Å². The molecule has 1 amide bonds. The molecule has 1 N–H and O–H groups in total. The van der Waals surface area contributed by atoms with Crippen LogP contribution < -0.4 is 0 Å². The Morgan fingerprint density at radius 3 is 2.47 bits per heavy atom. The van der Waals surface area contributed by atoms with Crippen LogP contribution in [0.15, 0.2) is 6.20 Å². The highest BCUT2D eigenvalue weighted by molar-refractivity contribution is 5.96. The Morgan fingerprint density at radius 1 is 1.42 bits per heavy atom. The molecule has 6 heteroatoms. The number of hydrogen-bond donors (Lipinski definition) is 1. The third-order valence-electron chi connectivity index (χ3n) is 3.28. The normalized spacial score (nSPS) is 10.8. The van der Waals surface area contributed by atoms with E-state index >= 15 is 0 Å². The Morgan fingerprint density at radius 2 is 2.00 bits per heavy atom. The van der Waals surface area contributed by atoms with Gasteiger partial charge in [0.1, 0.15) is 6.54 Å². The monoisotopic (exact) mass is 267 g/mol. The van der Waals surface area contributed by atoms with Crippen LogP contribution in [0.2, 0.25) is 0 Å². The second kappa shape index (κ2) is 6.36. The van der Waals surface area contributed by atoms with Crippen molar-refractivity contribution in [2.75, 3.05) is 13.6 Å². The van der Waals surface area contributed by atoms with Gasteiger partial charge in [-0.05, 0) is 19.8 Å². The highest BCUT2D eigenvalue weighted by Gasteiger charge is 2.21. The van der Waals surface area contributed by atoms with Crippen LogP contribution in [0.4, 0.5) is 0 Å². The highest BCUT2D eigenvalue weighted by Crippen LogP contribution is 2.19. The topological polar surface area (TPSA) is 75.4 Å². The first-order valence-electron chi connectivity index (χ1n) is 6.43. The fourth-order valence-electron chi connectivity index (χ4n) is 2.12. The van der Waals surface area contributed by atoms with Crippen LogP contribution in [0.5, 0.6) is 0 Å². The molecular formula is C13H21N3O3. The number of carboxylic acid groups (broad SMARTS) is 1. The molecule has 0 spiro atoms. The van der Waals surface area contributed by atoms with Gasteiger partial charge in [0.15, 0.2) is 0 Å². The fourth-order valence-corrected chi connectivity index (χ4v) is 2.12. The van der Waals surface area contributed by atoms with Gasteiger partial charge in [-0.3, -0.25) is 14.3 Å². The zero-order valence-corrected chi connectivity index (χ0v) is 11.9. The molecule has 0 radical (unpaired) electrons. The molecular weight excluding hydrogens is 246 g/mol. The number of aliphatic carboxylic acids is 1. The van der Waals surface area contributed by atoms with Crippen molar-refractivity contribution in [3.8, 4) is 0 Å². The van der Waals surface area contributed by atoms with E-state index in [1.165, 1.54) is 18.1 Å². The quantitative estimate of drug-likeness (QED) is 0.851. The minimum Gasteiger partial charge on any atom is -0.480 e. The largest absolute Gasteiger partial charge is 0.480 e. The molecule has 1 aromatic heterocycles. The van der Waals surface area contributed by atoms with Crippen molar-refractivity contribution < 1.29 is 14.7 Å². The zero-order chi connectivity index (χ0) is 14.6. The molecule has 0 aliphatic carbocycles. The number of amides is 1. The third-order valence-corrected chi connectivity index (χ3v) is 3.28. The summed E-state index contributed by atoms with van der Waals surface area (Å²) < 4.78 is 1.85. The first-order valence-corrected chi connectivity index (χ1v) is 6.43. The maximum absolute atomic E-state index is 12.1. The minimum absolute atomic E-state index is 0.270. The van der Waals surface area contributed by atoms with Crippen molar-refractivity contribution in [3.63, 3.8) is 0 Å². The minimum atomic E-state index is -1.03. The molecule has 1 rings (SSSR count). The van der Waals surface area contributed by atoms with Gasteiger partial charge in [0, 0.05) is 12.7 Å². The van der Waals surface area contributed by atoms with Crippen molar-refractivity contribution in [2.45, 2.75) is 39.7 Å². The number of carbonyl (C=O) groups excluding carboxylic acids is 1. The van der Waals surface area contributed by atoms with Crippen LogP contribution in [0, 0.1) is 6.92 Å². The molecule has 106 valence electrons. The van der Waals surface area contributed by atoms with Crippen molar-refractivity contribution in [1.29, 1.82) is 0 Å². The number of rotatable bonds is 6. The average molecular weight is 267 g/mol. The second-order valence-electron chi connectivity index (χ2n) is 4.61. The van der Waals surface area contributed by atoms with Gasteiger partial charge in [0.2, 0.25) is 0 Å². The summed E-state index contributed by atoms with van der Waals surface area (Å²) in [5, 5.41) is 13.0. The first-order chi connectivity index (χ1) is 8.92. The number of carbonyl (C=O) groups is 2. The van der Waals surface area contributed by atoms with Gasteiger partial charge in [-0.2, -0.15) is 5.10 Å². The lowest BCUT2D eigenvalue weighted by molar-refractivity contribution is -0.137. The summed E-state index contributed by atoms with van der Waals surface area (Å²) in [6, 6.07) is 0.270. The van der Waals surface area contributed by atoms with E-state index in [9.17, 15) is 9.59 Å².